The van der Waals surface area contributed by atoms with E-state index in [2.05, 4.69) is 4.72 Å². The molecular weight excluding hydrogens is 437 g/mol. The Morgan fingerprint density at radius 3 is 2.10 bits per heavy atom. The van der Waals surface area contributed by atoms with E-state index in [9.17, 15) is 18.0 Å². The highest BCUT2D eigenvalue weighted by Crippen LogP contribution is 2.25. The molecule has 2 amide bonds. The van der Waals surface area contributed by atoms with Crippen molar-refractivity contribution in [1.82, 2.24) is 9.80 Å². The Hall–Kier alpha value is -2.29. The second-order valence-corrected chi connectivity index (χ2v) is 9.08. The minimum absolute atomic E-state index is 0.0449. The van der Waals surface area contributed by atoms with E-state index in [4.69, 9.17) is 23.2 Å². The molecule has 0 radical (unpaired) electrons. The number of sulfonamides is 1. The first kappa shape index (κ1) is 21.4. The van der Waals surface area contributed by atoms with Gasteiger partial charge in [-0.3, -0.25) is 14.3 Å². The van der Waals surface area contributed by atoms with Crippen LogP contribution in [-0.2, 0) is 14.8 Å². The van der Waals surface area contributed by atoms with E-state index in [-0.39, 0.29) is 27.3 Å². The lowest BCUT2D eigenvalue weighted by atomic mass is 10.1. The Bertz CT molecular complexity index is 1030. The Labute approximate surface area is 179 Å². The largest absolute Gasteiger partial charge is 0.339 e. The summed E-state index contributed by atoms with van der Waals surface area (Å²) in [5.41, 5.74) is 0.444. The highest BCUT2D eigenvalue weighted by atomic mass is 35.5. The predicted molar refractivity (Wildman–Crippen MR) is 112 cm³/mol. The number of halogens is 2. The monoisotopic (exact) mass is 455 g/mol. The minimum atomic E-state index is -3.93. The molecular formula is C19H19Cl2N3O4S. The standard InChI is InChI=1S/C19H19Cl2N3O4S/c1-13(25)23-8-10-24(11-9-23)19(26)17-12-16(6-7-18(17)21)29(27,28)22-15-4-2-14(20)3-5-15/h2-7,12,22H,8-11H2,1H3. The Balaban J connectivity index is 1.81. The molecule has 1 aliphatic rings. The third-order valence-corrected chi connectivity index (χ3v) is 6.55. The van der Waals surface area contributed by atoms with E-state index in [0.29, 0.717) is 36.9 Å². The van der Waals surface area contributed by atoms with Gasteiger partial charge in [0.25, 0.3) is 15.9 Å². The summed E-state index contributed by atoms with van der Waals surface area (Å²) in [6, 6.07) is 10.2. The van der Waals surface area contributed by atoms with Gasteiger partial charge in [0.1, 0.15) is 0 Å². The maximum Gasteiger partial charge on any atom is 0.261 e. The SMILES string of the molecule is CC(=O)N1CCN(C(=O)c2cc(S(=O)(=O)Nc3ccc(Cl)cc3)ccc2Cl)CC1. The Morgan fingerprint density at radius 1 is 0.931 bits per heavy atom. The fraction of sp³-hybridized carbons (Fsp3) is 0.263. The highest BCUT2D eigenvalue weighted by molar-refractivity contribution is 7.92. The van der Waals surface area contributed by atoms with Crippen molar-refractivity contribution in [2.75, 3.05) is 30.9 Å². The van der Waals surface area contributed by atoms with Crippen LogP contribution in [0, 0.1) is 0 Å². The van der Waals surface area contributed by atoms with Crippen molar-refractivity contribution in [2.45, 2.75) is 11.8 Å². The van der Waals surface area contributed by atoms with Gasteiger partial charge in [-0.15, -0.1) is 0 Å². The zero-order valence-electron chi connectivity index (χ0n) is 15.6. The number of hydrogen-bond acceptors (Lipinski definition) is 4. The van der Waals surface area contributed by atoms with Gasteiger partial charge < -0.3 is 9.80 Å². The first-order chi connectivity index (χ1) is 13.7. The highest BCUT2D eigenvalue weighted by Gasteiger charge is 2.26. The zero-order chi connectivity index (χ0) is 21.2. The summed E-state index contributed by atoms with van der Waals surface area (Å²) in [6.07, 6.45) is 0. The quantitative estimate of drug-likeness (QED) is 0.766. The van der Waals surface area contributed by atoms with E-state index in [1.165, 1.54) is 37.3 Å². The maximum atomic E-state index is 12.9. The second-order valence-electron chi connectivity index (χ2n) is 6.55. The molecule has 7 nitrogen and oxygen atoms in total. The molecule has 1 aliphatic heterocycles. The van der Waals surface area contributed by atoms with Gasteiger partial charge in [0, 0.05) is 43.8 Å². The maximum absolute atomic E-state index is 12.9. The predicted octanol–water partition coefficient (Wildman–Crippen LogP) is 3.10. The van der Waals surface area contributed by atoms with Crippen LogP contribution in [0.1, 0.15) is 17.3 Å². The van der Waals surface area contributed by atoms with E-state index >= 15 is 0 Å². The molecule has 0 atom stereocenters. The number of amides is 2. The molecule has 154 valence electrons. The Kier molecular flexibility index (Phi) is 6.36. The zero-order valence-corrected chi connectivity index (χ0v) is 17.9. The number of carbonyl (C=O) groups excluding carboxylic acids is 2. The molecule has 29 heavy (non-hydrogen) atoms. The van der Waals surface area contributed by atoms with Crippen LogP contribution in [0.3, 0.4) is 0 Å². The van der Waals surface area contributed by atoms with E-state index in [1.807, 2.05) is 0 Å². The fourth-order valence-corrected chi connectivity index (χ4v) is 4.37. The molecule has 10 heteroatoms. The van der Waals surface area contributed by atoms with Crippen molar-refractivity contribution >= 4 is 50.7 Å². The van der Waals surface area contributed by atoms with E-state index in [1.54, 1.807) is 21.9 Å². The number of nitrogens with zero attached hydrogens (tertiary/aromatic N) is 2. The van der Waals surface area contributed by atoms with Gasteiger partial charge in [0.05, 0.1) is 15.5 Å². The van der Waals surface area contributed by atoms with Crippen molar-refractivity contribution in [2.24, 2.45) is 0 Å². The van der Waals surface area contributed by atoms with Crippen LogP contribution in [-0.4, -0.2) is 56.2 Å². The number of piperazine rings is 1. The number of rotatable bonds is 4. The van der Waals surface area contributed by atoms with Crippen LogP contribution in [0.2, 0.25) is 10.0 Å². The van der Waals surface area contributed by atoms with Gasteiger partial charge in [-0.2, -0.15) is 0 Å². The summed E-state index contributed by atoms with van der Waals surface area (Å²) in [7, 11) is -3.93. The van der Waals surface area contributed by atoms with Crippen molar-refractivity contribution in [3.8, 4) is 0 Å². The normalized spacial score (nSPS) is 14.6. The fourth-order valence-electron chi connectivity index (χ4n) is 2.96. The summed E-state index contributed by atoms with van der Waals surface area (Å²) in [6.45, 7) is 3.05. The van der Waals surface area contributed by atoms with Crippen LogP contribution < -0.4 is 4.72 Å². The van der Waals surface area contributed by atoms with Crippen molar-refractivity contribution in [1.29, 1.82) is 0 Å². The molecule has 0 aromatic heterocycles. The molecule has 1 heterocycles. The summed E-state index contributed by atoms with van der Waals surface area (Å²) in [5.74, 6) is -0.418. The molecule has 0 unspecified atom stereocenters. The first-order valence-corrected chi connectivity index (χ1v) is 11.0. The lowest BCUT2D eigenvalue weighted by Gasteiger charge is -2.34. The number of anilines is 1. The van der Waals surface area contributed by atoms with Gasteiger partial charge in [-0.05, 0) is 42.5 Å². The van der Waals surface area contributed by atoms with E-state index in [0.717, 1.165) is 0 Å². The molecule has 3 rings (SSSR count). The lowest BCUT2D eigenvalue weighted by Crippen LogP contribution is -2.50. The van der Waals surface area contributed by atoms with Crippen LogP contribution in [0.5, 0.6) is 0 Å². The van der Waals surface area contributed by atoms with Crippen molar-refractivity contribution in [3.05, 3.63) is 58.1 Å². The molecule has 2 aromatic carbocycles. The van der Waals surface area contributed by atoms with Gasteiger partial charge in [-0.25, -0.2) is 8.42 Å². The molecule has 0 spiro atoms. The van der Waals surface area contributed by atoms with Crippen LogP contribution in [0.15, 0.2) is 47.4 Å². The van der Waals surface area contributed by atoms with Gasteiger partial charge >= 0.3 is 0 Å². The first-order valence-electron chi connectivity index (χ1n) is 8.80. The summed E-state index contributed by atoms with van der Waals surface area (Å²) >= 11 is 12.0. The molecule has 1 fully saturated rings. The number of benzene rings is 2. The third kappa shape index (κ3) is 5.01. The summed E-state index contributed by atoms with van der Waals surface area (Å²) in [4.78, 5) is 27.5. The van der Waals surface area contributed by atoms with Crippen LogP contribution in [0.25, 0.3) is 0 Å². The van der Waals surface area contributed by atoms with Crippen molar-refractivity contribution in [3.63, 3.8) is 0 Å². The average molecular weight is 456 g/mol. The molecule has 0 bridgehead atoms. The minimum Gasteiger partial charge on any atom is -0.339 e. The topological polar surface area (TPSA) is 86.8 Å². The lowest BCUT2D eigenvalue weighted by molar-refractivity contribution is -0.130. The number of carbonyl (C=O) groups is 2. The smallest absolute Gasteiger partial charge is 0.261 e. The Morgan fingerprint density at radius 2 is 1.52 bits per heavy atom. The molecule has 0 aliphatic carbocycles. The summed E-state index contributed by atoms with van der Waals surface area (Å²) < 4.78 is 27.9. The van der Waals surface area contributed by atoms with Gasteiger partial charge in [-0.1, -0.05) is 23.2 Å². The molecule has 2 aromatic rings. The van der Waals surface area contributed by atoms with Crippen molar-refractivity contribution < 1.29 is 18.0 Å². The van der Waals surface area contributed by atoms with Gasteiger partial charge in [0.2, 0.25) is 5.91 Å². The molecule has 1 N–H and O–H groups in total. The summed E-state index contributed by atoms with van der Waals surface area (Å²) in [5, 5.41) is 0.645. The second kappa shape index (κ2) is 8.61. The molecule has 0 saturated carbocycles. The van der Waals surface area contributed by atoms with E-state index < -0.39 is 10.0 Å². The van der Waals surface area contributed by atoms with Gasteiger partial charge in [0.15, 0.2) is 0 Å². The van der Waals surface area contributed by atoms with Crippen LogP contribution in [0.4, 0.5) is 5.69 Å². The number of hydrogen-bond donors (Lipinski definition) is 1. The third-order valence-electron chi connectivity index (χ3n) is 4.59. The number of nitrogens with one attached hydrogen (secondary N) is 1. The average Bonchev–Trinajstić information content (AvgIpc) is 2.69. The van der Waals surface area contributed by atoms with Crippen LogP contribution >= 0.6 is 23.2 Å². The molecule has 1 saturated heterocycles.